The Labute approximate surface area is 164 Å². The van der Waals surface area contributed by atoms with E-state index in [2.05, 4.69) is 41.7 Å². The van der Waals surface area contributed by atoms with E-state index in [0.717, 1.165) is 57.9 Å². The van der Waals surface area contributed by atoms with E-state index >= 15 is 0 Å². The number of piperazine rings is 1. The molecule has 5 nitrogen and oxygen atoms in total. The van der Waals surface area contributed by atoms with Crippen LogP contribution in [0.2, 0.25) is 0 Å². The summed E-state index contributed by atoms with van der Waals surface area (Å²) in [5, 5.41) is 0. The summed E-state index contributed by atoms with van der Waals surface area (Å²) in [6.45, 7) is 11.2. The smallest absolute Gasteiger partial charge is 0.143 e. The van der Waals surface area contributed by atoms with Crippen LogP contribution in [-0.4, -0.2) is 75.1 Å². The third-order valence-electron chi connectivity index (χ3n) is 5.50. The first-order valence-corrected chi connectivity index (χ1v) is 10.2. The van der Waals surface area contributed by atoms with Crippen molar-refractivity contribution in [3.8, 4) is 5.75 Å². The highest BCUT2D eigenvalue weighted by molar-refractivity contribution is 6.18. The topological polar surface area (TPSA) is 45.0 Å². The van der Waals surface area contributed by atoms with Crippen LogP contribution in [0.25, 0.3) is 0 Å². The number of nitrogens with zero attached hydrogens (tertiary/aromatic N) is 3. The summed E-state index contributed by atoms with van der Waals surface area (Å²) in [5.41, 5.74) is 9.19. The molecule has 1 heterocycles. The molecule has 1 aliphatic heterocycles. The number of aryl methyl sites for hydroxylation is 1. The highest BCUT2D eigenvalue weighted by Gasteiger charge is 2.20. The number of nitrogen functional groups attached to an aromatic ring is 1. The predicted octanol–water partition coefficient (Wildman–Crippen LogP) is 2.91. The monoisotopic (exact) mass is 382 g/mol. The van der Waals surface area contributed by atoms with Crippen LogP contribution in [-0.2, 0) is 6.42 Å². The number of anilines is 2. The number of hydrogen-bond acceptors (Lipinski definition) is 5. The summed E-state index contributed by atoms with van der Waals surface area (Å²) in [5.74, 6) is 1.33. The van der Waals surface area contributed by atoms with Gasteiger partial charge in [-0.1, -0.05) is 0 Å². The largest absolute Gasteiger partial charge is 0.495 e. The van der Waals surface area contributed by atoms with Crippen molar-refractivity contribution < 1.29 is 4.74 Å². The number of benzene rings is 1. The maximum absolute atomic E-state index is 6.11. The van der Waals surface area contributed by atoms with Crippen molar-refractivity contribution >= 4 is 23.0 Å². The lowest BCUT2D eigenvalue weighted by atomic mass is 10.1. The van der Waals surface area contributed by atoms with E-state index in [1.54, 1.807) is 7.11 Å². The van der Waals surface area contributed by atoms with Gasteiger partial charge in [-0.25, -0.2) is 0 Å². The SMILES string of the molecule is CCN(CCC(C)N1CCN(C)CC1)c1cc(OC)c(N)cc1CCCl. The zero-order valence-electron chi connectivity index (χ0n) is 16.8. The van der Waals surface area contributed by atoms with Gasteiger partial charge in [-0.15, -0.1) is 11.6 Å². The molecule has 1 unspecified atom stereocenters. The highest BCUT2D eigenvalue weighted by atomic mass is 35.5. The maximum Gasteiger partial charge on any atom is 0.143 e. The quantitative estimate of drug-likeness (QED) is 0.525. The van der Waals surface area contributed by atoms with Crippen molar-refractivity contribution in [1.82, 2.24) is 9.80 Å². The Morgan fingerprint density at radius 1 is 1.27 bits per heavy atom. The van der Waals surface area contributed by atoms with Gasteiger partial charge >= 0.3 is 0 Å². The van der Waals surface area contributed by atoms with Gasteiger partial charge in [0.1, 0.15) is 5.75 Å². The van der Waals surface area contributed by atoms with Crippen molar-refractivity contribution in [1.29, 1.82) is 0 Å². The van der Waals surface area contributed by atoms with E-state index in [4.69, 9.17) is 22.1 Å². The Balaban J connectivity index is 2.07. The van der Waals surface area contributed by atoms with Crippen LogP contribution in [0.1, 0.15) is 25.8 Å². The molecule has 0 amide bonds. The summed E-state index contributed by atoms with van der Waals surface area (Å²) < 4.78 is 5.45. The first kappa shape index (κ1) is 21.1. The van der Waals surface area contributed by atoms with Crippen molar-refractivity contribution in [3.05, 3.63) is 17.7 Å². The molecule has 1 aromatic carbocycles. The number of ether oxygens (including phenoxy) is 1. The second kappa shape index (κ2) is 10.2. The second-order valence-corrected chi connectivity index (χ2v) is 7.60. The number of nitrogens with two attached hydrogens (primary N) is 1. The highest BCUT2D eigenvalue weighted by Crippen LogP contribution is 2.32. The van der Waals surface area contributed by atoms with Crippen LogP contribution in [0.15, 0.2) is 12.1 Å². The number of methoxy groups -OCH3 is 1. The van der Waals surface area contributed by atoms with E-state index in [1.807, 2.05) is 6.07 Å². The Hall–Kier alpha value is -1.17. The zero-order valence-corrected chi connectivity index (χ0v) is 17.6. The molecule has 0 radical (unpaired) electrons. The third kappa shape index (κ3) is 5.41. The van der Waals surface area contributed by atoms with Crippen molar-refractivity contribution in [2.45, 2.75) is 32.7 Å². The number of halogens is 1. The van der Waals surface area contributed by atoms with Gasteiger partial charge < -0.3 is 20.3 Å². The zero-order chi connectivity index (χ0) is 19.1. The van der Waals surface area contributed by atoms with E-state index in [0.29, 0.717) is 17.6 Å². The molecule has 2 rings (SSSR count). The van der Waals surface area contributed by atoms with Gasteiger partial charge in [-0.05, 0) is 45.4 Å². The number of likely N-dealkylation sites (N-methyl/N-ethyl adjacent to an activating group) is 1. The molecule has 2 N–H and O–H groups in total. The van der Waals surface area contributed by atoms with E-state index in [1.165, 1.54) is 11.3 Å². The summed E-state index contributed by atoms with van der Waals surface area (Å²) in [6.07, 6.45) is 1.96. The molecule has 0 spiro atoms. The second-order valence-electron chi connectivity index (χ2n) is 7.22. The lowest BCUT2D eigenvalue weighted by molar-refractivity contribution is 0.115. The molecule has 0 bridgehead atoms. The van der Waals surface area contributed by atoms with E-state index < -0.39 is 0 Å². The Bertz CT molecular complexity index is 561. The molecular formula is C20H35ClN4O. The minimum absolute atomic E-state index is 0.588. The van der Waals surface area contributed by atoms with Crippen LogP contribution in [0.3, 0.4) is 0 Å². The summed E-state index contributed by atoms with van der Waals surface area (Å²) in [4.78, 5) is 7.44. The Kier molecular flexibility index (Phi) is 8.32. The molecule has 1 saturated heterocycles. The average Bonchev–Trinajstić information content (AvgIpc) is 2.64. The lowest BCUT2D eigenvalue weighted by Gasteiger charge is -2.37. The molecule has 1 aliphatic rings. The molecular weight excluding hydrogens is 348 g/mol. The van der Waals surface area contributed by atoms with Crippen LogP contribution in [0, 0.1) is 0 Å². The average molecular weight is 383 g/mol. The molecule has 1 atom stereocenters. The number of rotatable bonds is 9. The van der Waals surface area contributed by atoms with E-state index in [-0.39, 0.29) is 0 Å². The summed E-state index contributed by atoms with van der Waals surface area (Å²) in [6, 6.07) is 4.68. The van der Waals surface area contributed by atoms with Gasteiger partial charge in [0.15, 0.2) is 0 Å². The molecule has 148 valence electrons. The third-order valence-corrected chi connectivity index (χ3v) is 5.68. The van der Waals surface area contributed by atoms with Gasteiger partial charge in [-0.2, -0.15) is 0 Å². The van der Waals surface area contributed by atoms with Crippen molar-refractivity contribution in [3.63, 3.8) is 0 Å². The molecule has 26 heavy (non-hydrogen) atoms. The predicted molar refractivity (Wildman–Crippen MR) is 113 cm³/mol. The maximum atomic E-state index is 6.11. The van der Waals surface area contributed by atoms with Crippen LogP contribution in [0.5, 0.6) is 5.75 Å². The first-order valence-electron chi connectivity index (χ1n) is 9.70. The van der Waals surface area contributed by atoms with Gasteiger partial charge in [0.25, 0.3) is 0 Å². The molecule has 0 saturated carbocycles. The Morgan fingerprint density at radius 2 is 1.96 bits per heavy atom. The summed E-state index contributed by atoms with van der Waals surface area (Å²) >= 11 is 6.02. The first-order chi connectivity index (χ1) is 12.5. The fourth-order valence-electron chi connectivity index (χ4n) is 3.64. The molecule has 1 aromatic rings. The molecule has 0 aliphatic carbocycles. The van der Waals surface area contributed by atoms with Gasteiger partial charge in [0.2, 0.25) is 0 Å². The fourth-order valence-corrected chi connectivity index (χ4v) is 3.85. The van der Waals surface area contributed by atoms with Crippen molar-refractivity contribution in [2.24, 2.45) is 0 Å². The standard InChI is InChI=1S/C20H35ClN4O/c1-5-24(9-7-16(2)25-12-10-23(3)11-13-25)19-15-20(26-4)18(22)14-17(19)6-8-21/h14-16H,5-13,22H2,1-4H3. The molecule has 6 heteroatoms. The van der Waals surface area contributed by atoms with Crippen molar-refractivity contribution in [2.75, 3.05) is 69.9 Å². The summed E-state index contributed by atoms with van der Waals surface area (Å²) in [7, 11) is 3.87. The van der Waals surface area contributed by atoms with Gasteiger partial charge in [-0.3, -0.25) is 4.90 Å². The van der Waals surface area contributed by atoms with Crippen LogP contribution < -0.4 is 15.4 Å². The van der Waals surface area contributed by atoms with Crippen LogP contribution >= 0.6 is 11.6 Å². The lowest BCUT2D eigenvalue weighted by Crippen LogP contribution is -2.48. The van der Waals surface area contributed by atoms with Gasteiger partial charge in [0, 0.05) is 62.9 Å². The minimum Gasteiger partial charge on any atom is -0.495 e. The van der Waals surface area contributed by atoms with E-state index in [9.17, 15) is 0 Å². The fraction of sp³-hybridized carbons (Fsp3) is 0.700. The minimum atomic E-state index is 0.588. The van der Waals surface area contributed by atoms with Gasteiger partial charge in [0.05, 0.1) is 12.8 Å². The Morgan fingerprint density at radius 3 is 2.54 bits per heavy atom. The van der Waals surface area contributed by atoms with Crippen LogP contribution in [0.4, 0.5) is 11.4 Å². The molecule has 0 aromatic heterocycles. The number of alkyl halides is 1. The normalized spacial score (nSPS) is 17.3. The number of hydrogen-bond donors (Lipinski definition) is 1. The molecule has 1 fully saturated rings.